The van der Waals surface area contributed by atoms with Gasteiger partial charge in [-0.15, -0.1) is 0 Å². The van der Waals surface area contributed by atoms with Crippen molar-refractivity contribution >= 4 is 5.91 Å². The number of hydrogen-bond donors (Lipinski definition) is 1. The monoisotopic (exact) mass is 266 g/mol. The van der Waals surface area contributed by atoms with Crippen molar-refractivity contribution in [1.29, 1.82) is 0 Å². The second-order valence-electron chi connectivity index (χ2n) is 4.80. The molecule has 104 valence electrons. The summed E-state index contributed by atoms with van der Waals surface area (Å²) in [5.74, 6) is 0.297. The molecule has 0 radical (unpaired) electrons. The molecule has 1 amide bonds. The first-order chi connectivity index (χ1) is 9.15. The molecule has 1 aromatic carbocycles. The molecule has 2 N–H and O–H groups in total. The minimum atomic E-state index is -0.320. The third-order valence-corrected chi connectivity index (χ3v) is 3.18. The first-order valence-electron chi connectivity index (χ1n) is 6.57. The Kier molecular flexibility index (Phi) is 4.74. The molecule has 4 nitrogen and oxygen atoms in total. The maximum Gasteiger partial charge on any atom is 0.222 e. The number of ether oxygens (including phenoxy) is 1. The molecule has 1 fully saturated rings. The van der Waals surface area contributed by atoms with Gasteiger partial charge < -0.3 is 15.4 Å². The van der Waals surface area contributed by atoms with Gasteiger partial charge in [0.1, 0.15) is 11.6 Å². The molecule has 1 aromatic rings. The number of likely N-dealkylation sites (tertiary alicyclic amines) is 1. The van der Waals surface area contributed by atoms with Crippen LogP contribution in [-0.4, -0.2) is 36.5 Å². The van der Waals surface area contributed by atoms with Gasteiger partial charge in [-0.3, -0.25) is 4.79 Å². The van der Waals surface area contributed by atoms with Gasteiger partial charge in [0, 0.05) is 31.6 Å². The first-order valence-corrected chi connectivity index (χ1v) is 6.57. The summed E-state index contributed by atoms with van der Waals surface area (Å²) in [5, 5.41) is 0. The Morgan fingerprint density at radius 3 is 3.05 bits per heavy atom. The minimum absolute atomic E-state index is 0.118. The van der Waals surface area contributed by atoms with Crippen molar-refractivity contribution in [3.05, 3.63) is 30.1 Å². The van der Waals surface area contributed by atoms with Crippen molar-refractivity contribution < 1.29 is 13.9 Å². The number of nitrogens with two attached hydrogens (primary N) is 1. The lowest BCUT2D eigenvalue weighted by Gasteiger charge is -2.15. The van der Waals surface area contributed by atoms with Crippen LogP contribution in [0.2, 0.25) is 0 Å². The lowest BCUT2D eigenvalue weighted by molar-refractivity contribution is -0.130. The summed E-state index contributed by atoms with van der Waals surface area (Å²) in [6, 6.07) is 6.12. The van der Waals surface area contributed by atoms with Gasteiger partial charge in [0.2, 0.25) is 5.91 Å². The molecule has 0 saturated carbocycles. The molecule has 0 unspecified atom stereocenters. The van der Waals surface area contributed by atoms with E-state index in [1.807, 2.05) is 0 Å². The molecular weight excluding hydrogens is 247 g/mol. The topological polar surface area (TPSA) is 55.6 Å². The summed E-state index contributed by atoms with van der Waals surface area (Å²) < 4.78 is 18.3. The van der Waals surface area contributed by atoms with Crippen LogP contribution in [-0.2, 0) is 4.79 Å². The van der Waals surface area contributed by atoms with Crippen LogP contribution in [0.5, 0.6) is 5.75 Å². The van der Waals surface area contributed by atoms with Crippen molar-refractivity contribution in [3.8, 4) is 5.75 Å². The Morgan fingerprint density at radius 2 is 2.37 bits per heavy atom. The van der Waals surface area contributed by atoms with E-state index >= 15 is 0 Å². The fraction of sp³-hybridized carbons (Fsp3) is 0.500. The largest absolute Gasteiger partial charge is 0.493 e. The number of rotatable bonds is 5. The third-order valence-electron chi connectivity index (χ3n) is 3.18. The van der Waals surface area contributed by atoms with Crippen molar-refractivity contribution in [2.45, 2.75) is 25.3 Å². The third kappa shape index (κ3) is 4.21. The van der Waals surface area contributed by atoms with Crippen molar-refractivity contribution in [3.63, 3.8) is 0 Å². The Labute approximate surface area is 112 Å². The molecule has 0 bridgehead atoms. The molecule has 1 aliphatic rings. The Hall–Kier alpha value is -1.62. The average Bonchev–Trinajstić information content (AvgIpc) is 2.81. The lowest BCUT2D eigenvalue weighted by Crippen LogP contribution is -2.31. The van der Waals surface area contributed by atoms with Crippen molar-refractivity contribution in [2.75, 3.05) is 19.7 Å². The summed E-state index contributed by atoms with van der Waals surface area (Å²) in [7, 11) is 0. The highest BCUT2D eigenvalue weighted by Crippen LogP contribution is 2.13. The summed E-state index contributed by atoms with van der Waals surface area (Å²) in [4.78, 5) is 13.6. The van der Waals surface area contributed by atoms with Crippen LogP contribution in [0, 0.1) is 5.82 Å². The second-order valence-corrected chi connectivity index (χ2v) is 4.80. The smallest absolute Gasteiger partial charge is 0.222 e. The van der Waals surface area contributed by atoms with Crippen molar-refractivity contribution in [2.24, 2.45) is 5.73 Å². The van der Waals surface area contributed by atoms with Gasteiger partial charge in [-0.25, -0.2) is 4.39 Å². The van der Waals surface area contributed by atoms with Crippen LogP contribution in [0.4, 0.5) is 4.39 Å². The fourth-order valence-electron chi connectivity index (χ4n) is 2.14. The van der Waals surface area contributed by atoms with E-state index in [2.05, 4.69) is 0 Å². The molecule has 2 rings (SSSR count). The van der Waals surface area contributed by atoms with Gasteiger partial charge in [-0.05, 0) is 25.0 Å². The number of benzene rings is 1. The first kappa shape index (κ1) is 13.8. The molecule has 0 spiro atoms. The van der Waals surface area contributed by atoms with Crippen LogP contribution in [0.15, 0.2) is 24.3 Å². The Balaban J connectivity index is 1.65. The molecule has 0 aromatic heterocycles. The number of hydrogen-bond acceptors (Lipinski definition) is 3. The van der Waals surface area contributed by atoms with Crippen LogP contribution in [0.3, 0.4) is 0 Å². The van der Waals surface area contributed by atoms with Gasteiger partial charge >= 0.3 is 0 Å². The number of amides is 1. The van der Waals surface area contributed by atoms with E-state index < -0.39 is 0 Å². The summed E-state index contributed by atoms with van der Waals surface area (Å²) in [6.45, 7) is 1.82. The highest BCUT2D eigenvalue weighted by Gasteiger charge is 2.22. The molecular formula is C14H19FN2O2. The maximum absolute atomic E-state index is 12.9. The Bertz CT molecular complexity index is 439. The fourth-order valence-corrected chi connectivity index (χ4v) is 2.14. The Morgan fingerprint density at radius 1 is 1.53 bits per heavy atom. The SMILES string of the molecule is N[C@@H]1CCN(C(=O)CCCOc2cccc(F)c2)C1. The van der Waals surface area contributed by atoms with Crippen LogP contribution in [0.25, 0.3) is 0 Å². The van der Waals surface area contributed by atoms with E-state index in [0.29, 0.717) is 31.7 Å². The predicted octanol–water partition coefficient (Wildman–Crippen LogP) is 1.54. The molecule has 19 heavy (non-hydrogen) atoms. The minimum Gasteiger partial charge on any atom is -0.493 e. The van der Waals surface area contributed by atoms with E-state index in [0.717, 1.165) is 13.0 Å². The zero-order valence-electron chi connectivity index (χ0n) is 10.8. The van der Waals surface area contributed by atoms with Gasteiger partial charge in [-0.2, -0.15) is 0 Å². The predicted molar refractivity (Wildman–Crippen MR) is 70.3 cm³/mol. The van der Waals surface area contributed by atoms with Gasteiger partial charge in [0.05, 0.1) is 6.61 Å². The van der Waals surface area contributed by atoms with E-state index in [9.17, 15) is 9.18 Å². The van der Waals surface area contributed by atoms with Crippen molar-refractivity contribution in [1.82, 2.24) is 4.90 Å². The number of carbonyl (C=O) groups excluding carboxylic acids is 1. The maximum atomic E-state index is 12.9. The van der Waals surface area contributed by atoms with Gasteiger partial charge in [0.15, 0.2) is 0 Å². The second kappa shape index (κ2) is 6.52. The van der Waals surface area contributed by atoms with Crippen LogP contribution in [0.1, 0.15) is 19.3 Å². The highest BCUT2D eigenvalue weighted by atomic mass is 19.1. The molecule has 1 aliphatic heterocycles. The quantitative estimate of drug-likeness (QED) is 0.823. The lowest BCUT2D eigenvalue weighted by atomic mass is 10.3. The van der Waals surface area contributed by atoms with E-state index in [1.54, 1.807) is 17.0 Å². The highest BCUT2D eigenvalue weighted by molar-refractivity contribution is 5.76. The zero-order valence-corrected chi connectivity index (χ0v) is 10.8. The summed E-state index contributed by atoms with van der Waals surface area (Å²) in [6.07, 6.45) is 1.95. The molecule has 1 atom stereocenters. The van der Waals surface area contributed by atoms with E-state index in [1.165, 1.54) is 12.1 Å². The summed E-state index contributed by atoms with van der Waals surface area (Å²) in [5.41, 5.74) is 5.75. The van der Waals surface area contributed by atoms with E-state index in [-0.39, 0.29) is 17.8 Å². The standard InChI is InChI=1S/C14H19FN2O2/c15-11-3-1-4-13(9-11)19-8-2-5-14(18)17-7-6-12(16)10-17/h1,3-4,9,12H,2,5-8,10,16H2/t12-/m1/s1. The van der Waals surface area contributed by atoms with Crippen LogP contribution < -0.4 is 10.5 Å². The number of halogens is 1. The van der Waals surface area contributed by atoms with Crippen LogP contribution >= 0.6 is 0 Å². The molecule has 5 heteroatoms. The normalized spacial score (nSPS) is 18.6. The van der Waals surface area contributed by atoms with E-state index in [4.69, 9.17) is 10.5 Å². The molecule has 1 heterocycles. The zero-order chi connectivity index (χ0) is 13.7. The van der Waals surface area contributed by atoms with Gasteiger partial charge in [0.25, 0.3) is 0 Å². The molecule has 1 saturated heterocycles. The molecule has 0 aliphatic carbocycles. The summed E-state index contributed by atoms with van der Waals surface area (Å²) >= 11 is 0. The number of nitrogens with zero attached hydrogens (tertiary/aromatic N) is 1. The van der Waals surface area contributed by atoms with Gasteiger partial charge in [-0.1, -0.05) is 6.07 Å². The average molecular weight is 266 g/mol. The number of carbonyl (C=O) groups is 1.